The average Bonchev–Trinajstić information content (AvgIpc) is 3.23. The molecule has 1 N–H and O–H groups in total. The number of nitrogens with one attached hydrogen (secondary N) is 1. The van der Waals surface area contributed by atoms with Crippen molar-refractivity contribution in [2.45, 2.75) is 32.4 Å². The lowest BCUT2D eigenvalue weighted by molar-refractivity contribution is -0.140. The van der Waals surface area contributed by atoms with Gasteiger partial charge in [0.25, 0.3) is 5.91 Å². The highest BCUT2D eigenvalue weighted by molar-refractivity contribution is 6.42. The number of nitrogens with zero attached hydrogens (tertiary/aromatic N) is 2. The predicted octanol–water partition coefficient (Wildman–Crippen LogP) is 6.27. The number of rotatable bonds is 10. The minimum atomic E-state index is -0.813. The van der Waals surface area contributed by atoms with Crippen LogP contribution in [0, 0.1) is 0 Å². The number of halogens is 2. The van der Waals surface area contributed by atoms with Crippen LogP contribution in [0.3, 0.4) is 0 Å². The molecule has 0 aromatic heterocycles. The minimum Gasteiger partial charge on any atom is -0.354 e. The van der Waals surface area contributed by atoms with Crippen molar-refractivity contribution in [2.75, 3.05) is 18.0 Å². The van der Waals surface area contributed by atoms with E-state index in [1.165, 1.54) is 4.90 Å². The van der Waals surface area contributed by atoms with Crippen molar-refractivity contribution in [3.63, 3.8) is 0 Å². The lowest BCUT2D eigenvalue weighted by atomic mass is 10.0. The fourth-order valence-corrected chi connectivity index (χ4v) is 5.44. The van der Waals surface area contributed by atoms with Crippen LogP contribution < -0.4 is 10.2 Å². The van der Waals surface area contributed by atoms with Gasteiger partial charge in [-0.1, -0.05) is 90.8 Å². The number of carbonyl (C=O) groups is 3. The zero-order valence-corrected chi connectivity index (χ0v) is 23.6. The van der Waals surface area contributed by atoms with Gasteiger partial charge in [-0.3, -0.25) is 19.3 Å². The summed E-state index contributed by atoms with van der Waals surface area (Å²) in [5.41, 5.74) is 2.90. The van der Waals surface area contributed by atoms with Crippen LogP contribution in [0.5, 0.6) is 0 Å². The van der Waals surface area contributed by atoms with Crippen LogP contribution in [0.1, 0.15) is 34.8 Å². The summed E-state index contributed by atoms with van der Waals surface area (Å²) in [6.45, 7) is 2.37. The molecular formula is C32H29Cl2N3O3. The quantitative estimate of drug-likeness (QED) is 0.243. The molecule has 6 nitrogen and oxygen atoms in total. The summed E-state index contributed by atoms with van der Waals surface area (Å²) in [6.07, 6.45) is 1.07. The molecule has 3 amide bonds. The van der Waals surface area contributed by atoms with Crippen LogP contribution in [0.2, 0.25) is 10.0 Å². The highest BCUT2D eigenvalue weighted by atomic mass is 35.5. The second-order valence-corrected chi connectivity index (χ2v) is 10.7. The molecule has 1 aliphatic rings. The Labute approximate surface area is 243 Å². The predicted molar refractivity (Wildman–Crippen MR) is 160 cm³/mol. The van der Waals surface area contributed by atoms with E-state index in [9.17, 15) is 14.4 Å². The van der Waals surface area contributed by atoms with Crippen LogP contribution >= 0.6 is 23.2 Å². The van der Waals surface area contributed by atoms with Crippen LogP contribution in [0.4, 0.5) is 5.69 Å². The van der Waals surface area contributed by atoms with Crippen molar-refractivity contribution in [3.8, 4) is 0 Å². The fourth-order valence-electron chi connectivity index (χ4n) is 5.12. The summed E-state index contributed by atoms with van der Waals surface area (Å²) in [4.78, 5) is 44.2. The van der Waals surface area contributed by atoms with E-state index >= 15 is 0 Å². The Hall–Kier alpha value is -3.87. The number of carbonyl (C=O) groups excluding carboxylic acids is 3. The molecule has 0 fully saturated rings. The molecule has 0 aliphatic carbocycles. The van der Waals surface area contributed by atoms with Crippen LogP contribution in [0.15, 0.2) is 84.9 Å². The second-order valence-electron chi connectivity index (χ2n) is 9.84. The monoisotopic (exact) mass is 573 g/mol. The van der Waals surface area contributed by atoms with Crippen molar-refractivity contribution in [1.82, 2.24) is 10.2 Å². The van der Waals surface area contributed by atoms with Crippen molar-refractivity contribution in [1.29, 1.82) is 0 Å². The van der Waals surface area contributed by atoms with Gasteiger partial charge in [0.15, 0.2) is 0 Å². The first-order chi connectivity index (χ1) is 19.4. The topological polar surface area (TPSA) is 69.7 Å². The Kier molecular flexibility index (Phi) is 8.38. The fraction of sp³-hybridized carbons (Fsp3) is 0.219. The minimum absolute atomic E-state index is 0.117. The third-order valence-electron chi connectivity index (χ3n) is 7.10. The van der Waals surface area contributed by atoms with Crippen molar-refractivity contribution >= 4 is 57.4 Å². The number of anilines is 1. The molecule has 1 aliphatic heterocycles. The molecule has 204 valence electrons. The van der Waals surface area contributed by atoms with Crippen molar-refractivity contribution in [2.24, 2.45) is 0 Å². The summed E-state index contributed by atoms with van der Waals surface area (Å²) in [7, 11) is 0. The number of hydrogen-bond acceptors (Lipinski definition) is 3. The van der Waals surface area contributed by atoms with E-state index in [0.29, 0.717) is 34.3 Å². The van der Waals surface area contributed by atoms with Crippen molar-refractivity contribution in [3.05, 3.63) is 112 Å². The van der Waals surface area contributed by atoms with Gasteiger partial charge in [-0.25, -0.2) is 0 Å². The molecule has 0 bridgehead atoms. The molecule has 0 unspecified atom stereocenters. The molecule has 0 saturated heterocycles. The molecular weight excluding hydrogens is 545 g/mol. The van der Waals surface area contributed by atoms with E-state index in [0.717, 1.165) is 28.3 Å². The molecule has 1 heterocycles. The third kappa shape index (κ3) is 5.69. The Morgan fingerprint density at radius 2 is 1.65 bits per heavy atom. The Bertz CT molecular complexity index is 1570. The summed E-state index contributed by atoms with van der Waals surface area (Å²) < 4.78 is 0. The first kappa shape index (κ1) is 27.7. The summed E-state index contributed by atoms with van der Waals surface area (Å²) in [6, 6.07) is 25.2. The largest absolute Gasteiger partial charge is 0.354 e. The lowest BCUT2D eigenvalue weighted by Crippen LogP contribution is -2.53. The number of amides is 3. The molecule has 8 heteroatoms. The van der Waals surface area contributed by atoms with Crippen molar-refractivity contribution < 1.29 is 14.4 Å². The second kappa shape index (κ2) is 12.1. The number of hydrogen-bond donors (Lipinski definition) is 1. The van der Waals surface area contributed by atoms with Gasteiger partial charge in [-0.05, 0) is 47.2 Å². The molecule has 1 atom stereocenters. The first-order valence-corrected chi connectivity index (χ1v) is 14.0. The Balaban J connectivity index is 1.51. The van der Waals surface area contributed by atoms with Gasteiger partial charge in [-0.2, -0.15) is 0 Å². The molecule has 5 rings (SSSR count). The zero-order valence-electron chi connectivity index (χ0n) is 22.1. The van der Waals surface area contributed by atoms with Crippen LogP contribution in [-0.2, 0) is 22.6 Å². The number of benzene rings is 4. The van der Waals surface area contributed by atoms with E-state index in [1.807, 2.05) is 67.6 Å². The Morgan fingerprint density at radius 1 is 0.900 bits per heavy atom. The maximum absolute atomic E-state index is 14.2. The first-order valence-electron chi connectivity index (χ1n) is 13.3. The highest BCUT2D eigenvalue weighted by Crippen LogP contribution is 2.37. The van der Waals surface area contributed by atoms with E-state index < -0.39 is 6.04 Å². The molecule has 40 heavy (non-hydrogen) atoms. The smallest absolute Gasteiger partial charge is 0.259 e. The lowest BCUT2D eigenvalue weighted by Gasteiger charge is -2.33. The molecule has 0 radical (unpaired) electrons. The average molecular weight is 575 g/mol. The Morgan fingerprint density at radius 3 is 2.38 bits per heavy atom. The highest BCUT2D eigenvalue weighted by Gasteiger charge is 2.35. The van der Waals surface area contributed by atoms with Gasteiger partial charge in [0, 0.05) is 30.5 Å². The van der Waals surface area contributed by atoms with E-state index in [4.69, 9.17) is 23.2 Å². The van der Waals surface area contributed by atoms with E-state index in [1.54, 1.807) is 29.2 Å². The zero-order chi connectivity index (χ0) is 28.2. The maximum Gasteiger partial charge on any atom is 0.259 e. The van der Waals surface area contributed by atoms with Gasteiger partial charge in [0.05, 0.1) is 15.7 Å². The van der Waals surface area contributed by atoms with Gasteiger partial charge in [0.2, 0.25) is 11.8 Å². The third-order valence-corrected chi connectivity index (χ3v) is 7.84. The molecule has 0 saturated carbocycles. The van der Waals surface area contributed by atoms with Crippen LogP contribution in [-0.4, -0.2) is 41.8 Å². The molecule has 4 aromatic carbocycles. The SMILES string of the molecule is CCCNC(=O)[C@H](Cc1ccccc1)N(Cc1ccc(Cl)c(Cl)c1)C(=O)CN1C(=O)c2cccc3cccc1c23. The van der Waals surface area contributed by atoms with E-state index in [-0.39, 0.29) is 30.8 Å². The van der Waals surface area contributed by atoms with Gasteiger partial charge in [0.1, 0.15) is 12.6 Å². The summed E-state index contributed by atoms with van der Waals surface area (Å²) >= 11 is 12.5. The molecule has 4 aromatic rings. The van der Waals surface area contributed by atoms with Crippen LogP contribution in [0.25, 0.3) is 10.8 Å². The molecule has 0 spiro atoms. The standard InChI is InChI=1S/C32H29Cl2N3O3/c1-2-16-35-31(39)28(18-21-8-4-3-5-9-21)36(19-22-14-15-25(33)26(34)17-22)29(38)20-37-27-13-7-11-23-10-6-12-24(30(23)27)32(37)40/h3-15,17,28H,2,16,18-20H2,1H3,(H,35,39)/t28-/m0/s1. The van der Waals surface area contributed by atoms with Gasteiger partial charge < -0.3 is 10.2 Å². The van der Waals surface area contributed by atoms with Gasteiger partial charge in [-0.15, -0.1) is 0 Å². The summed E-state index contributed by atoms with van der Waals surface area (Å²) in [5, 5.41) is 5.50. The van der Waals surface area contributed by atoms with E-state index in [2.05, 4.69) is 5.32 Å². The summed E-state index contributed by atoms with van der Waals surface area (Å²) in [5.74, 6) is -0.834. The maximum atomic E-state index is 14.2. The van der Waals surface area contributed by atoms with Gasteiger partial charge >= 0.3 is 0 Å². The normalized spacial score (nSPS) is 13.0.